The van der Waals surface area contributed by atoms with Gasteiger partial charge in [0.05, 0.1) is 0 Å². The fraction of sp³-hybridized carbons (Fsp3) is 0.100. The van der Waals surface area contributed by atoms with E-state index in [0.717, 1.165) is 5.56 Å². The minimum absolute atomic E-state index is 0.116. The molecule has 0 bridgehead atoms. The number of hydrogen-bond donors (Lipinski definition) is 3. The van der Waals surface area contributed by atoms with Crippen molar-refractivity contribution in [3.05, 3.63) is 83.3 Å². The fourth-order valence-electron chi connectivity index (χ4n) is 2.32. The molecule has 0 aliphatic rings. The second-order valence-electron chi connectivity index (χ2n) is 5.78. The van der Waals surface area contributed by atoms with Gasteiger partial charge in [0, 0.05) is 16.9 Å². The summed E-state index contributed by atoms with van der Waals surface area (Å²) in [6.45, 7) is 1.70. The van der Waals surface area contributed by atoms with Gasteiger partial charge in [-0.2, -0.15) is 0 Å². The zero-order chi connectivity index (χ0) is 18.5. The molecule has 0 aliphatic carbocycles. The Morgan fingerprint density at radius 3 is 1.96 bits per heavy atom. The quantitative estimate of drug-likeness (QED) is 0.656. The number of aryl methyl sites for hydroxylation is 1. The number of carbonyl (C=O) groups excluding carboxylic acids is 2. The molecule has 26 heavy (non-hydrogen) atoms. The van der Waals surface area contributed by atoms with Gasteiger partial charge in [0.15, 0.2) is 5.76 Å². The van der Waals surface area contributed by atoms with Gasteiger partial charge in [-0.3, -0.25) is 9.59 Å². The van der Waals surface area contributed by atoms with Gasteiger partial charge in [-0.15, -0.1) is 0 Å². The zero-order valence-electron chi connectivity index (χ0n) is 14.2. The van der Waals surface area contributed by atoms with Gasteiger partial charge in [-0.1, -0.05) is 17.7 Å². The Bertz CT molecular complexity index is 912. The van der Waals surface area contributed by atoms with Gasteiger partial charge in [0.1, 0.15) is 12.4 Å². The third-order valence-electron chi connectivity index (χ3n) is 3.76. The average molecular weight is 350 g/mol. The molecule has 0 atom stereocenters. The predicted molar refractivity (Wildman–Crippen MR) is 98.2 cm³/mol. The topological polar surface area (TPSA) is 91.6 Å². The van der Waals surface area contributed by atoms with E-state index in [2.05, 4.69) is 10.6 Å². The molecule has 132 valence electrons. The van der Waals surface area contributed by atoms with Gasteiger partial charge >= 0.3 is 0 Å². The van der Waals surface area contributed by atoms with Crippen LogP contribution in [0.1, 0.15) is 32.2 Å². The van der Waals surface area contributed by atoms with E-state index in [1.165, 1.54) is 6.07 Å². The molecule has 0 unspecified atom stereocenters. The summed E-state index contributed by atoms with van der Waals surface area (Å²) in [4.78, 5) is 24.3. The first kappa shape index (κ1) is 17.4. The lowest BCUT2D eigenvalue weighted by atomic mass is 10.1. The number of furan rings is 1. The lowest BCUT2D eigenvalue weighted by molar-refractivity contribution is 0.0990. The molecule has 0 fully saturated rings. The van der Waals surface area contributed by atoms with Crippen molar-refractivity contribution in [1.82, 2.24) is 0 Å². The van der Waals surface area contributed by atoms with Crippen LogP contribution < -0.4 is 10.6 Å². The number of hydrogen-bond acceptors (Lipinski definition) is 4. The number of benzene rings is 2. The van der Waals surface area contributed by atoms with Crippen LogP contribution >= 0.6 is 0 Å². The smallest absolute Gasteiger partial charge is 0.291 e. The molecule has 6 nitrogen and oxygen atoms in total. The van der Waals surface area contributed by atoms with Crippen LogP contribution in [0, 0.1) is 6.92 Å². The van der Waals surface area contributed by atoms with Crippen molar-refractivity contribution in [1.29, 1.82) is 0 Å². The predicted octanol–water partition coefficient (Wildman–Crippen LogP) is 3.58. The second kappa shape index (κ2) is 7.67. The minimum atomic E-state index is -0.416. The third kappa shape index (κ3) is 4.17. The van der Waals surface area contributed by atoms with E-state index in [0.29, 0.717) is 22.7 Å². The summed E-state index contributed by atoms with van der Waals surface area (Å²) >= 11 is 0. The average Bonchev–Trinajstić information content (AvgIpc) is 3.13. The van der Waals surface area contributed by atoms with Gasteiger partial charge in [-0.05, 0) is 55.5 Å². The molecule has 2 aromatic carbocycles. The van der Waals surface area contributed by atoms with Crippen LogP contribution in [0.25, 0.3) is 0 Å². The maximum Gasteiger partial charge on any atom is 0.291 e. The van der Waals surface area contributed by atoms with E-state index in [1.807, 2.05) is 19.1 Å². The van der Waals surface area contributed by atoms with Crippen LogP contribution in [0.4, 0.5) is 11.4 Å². The molecule has 0 radical (unpaired) electrons. The standard InChI is InChI=1S/C20H18N2O4/c1-13-2-4-14(5-3-13)19(24)21-15-6-8-16(9-7-15)22-20(25)18-11-10-17(12-23)26-18/h2-11,23H,12H2,1H3,(H,21,24)(H,22,25). The van der Waals surface area contributed by atoms with Gasteiger partial charge in [0.2, 0.25) is 0 Å². The molecule has 0 saturated heterocycles. The highest BCUT2D eigenvalue weighted by molar-refractivity contribution is 6.05. The molecule has 2 amide bonds. The Morgan fingerprint density at radius 1 is 0.846 bits per heavy atom. The van der Waals surface area contributed by atoms with Crippen LogP contribution in [0.3, 0.4) is 0 Å². The molecule has 3 aromatic rings. The second-order valence-corrected chi connectivity index (χ2v) is 5.78. The van der Waals surface area contributed by atoms with Crippen LogP contribution in [-0.2, 0) is 6.61 Å². The molecular weight excluding hydrogens is 332 g/mol. The van der Waals surface area contributed by atoms with E-state index < -0.39 is 5.91 Å². The summed E-state index contributed by atoms with van der Waals surface area (Å²) in [5.41, 5.74) is 2.84. The SMILES string of the molecule is Cc1ccc(C(=O)Nc2ccc(NC(=O)c3ccc(CO)o3)cc2)cc1. The summed E-state index contributed by atoms with van der Waals surface area (Å²) in [6, 6.07) is 17.1. The summed E-state index contributed by atoms with van der Waals surface area (Å²) in [5, 5.41) is 14.5. The van der Waals surface area contributed by atoms with Crippen LogP contribution in [0.5, 0.6) is 0 Å². The van der Waals surface area contributed by atoms with Crippen molar-refractivity contribution in [3.8, 4) is 0 Å². The molecule has 3 N–H and O–H groups in total. The number of nitrogens with one attached hydrogen (secondary N) is 2. The van der Waals surface area contributed by atoms with E-state index in [-0.39, 0.29) is 18.3 Å². The van der Waals surface area contributed by atoms with E-state index in [1.54, 1.807) is 42.5 Å². The van der Waals surface area contributed by atoms with Crippen molar-refractivity contribution in [2.24, 2.45) is 0 Å². The van der Waals surface area contributed by atoms with E-state index >= 15 is 0 Å². The normalized spacial score (nSPS) is 10.4. The minimum Gasteiger partial charge on any atom is -0.453 e. The van der Waals surface area contributed by atoms with Crippen molar-refractivity contribution in [2.75, 3.05) is 10.6 Å². The molecular formula is C20H18N2O4. The maximum atomic E-state index is 12.2. The van der Waals surface area contributed by atoms with Crippen molar-refractivity contribution in [2.45, 2.75) is 13.5 Å². The fourth-order valence-corrected chi connectivity index (χ4v) is 2.32. The number of rotatable bonds is 5. The summed E-state index contributed by atoms with van der Waals surface area (Å²) in [7, 11) is 0. The van der Waals surface area contributed by atoms with Crippen molar-refractivity contribution < 1.29 is 19.1 Å². The lowest BCUT2D eigenvalue weighted by Crippen LogP contribution is -2.13. The number of carbonyl (C=O) groups is 2. The van der Waals surface area contributed by atoms with Gasteiger partial charge in [-0.25, -0.2) is 0 Å². The molecule has 0 aliphatic heterocycles. The lowest BCUT2D eigenvalue weighted by Gasteiger charge is -2.07. The highest BCUT2D eigenvalue weighted by atomic mass is 16.4. The van der Waals surface area contributed by atoms with Crippen LogP contribution in [-0.4, -0.2) is 16.9 Å². The van der Waals surface area contributed by atoms with E-state index in [4.69, 9.17) is 9.52 Å². The Kier molecular flexibility index (Phi) is 5.15. The first-order chi connectivity index (χ1) is 12.5. The molecule has 3 rings (SSSR count). The van der Waals surface area contributed by atoms with Crippen LogP contribution in [0.15, 0.2) is 65.1 Å². The van der Waals surface area contributed by atoms with Gasteiger partial charge in [0.25, 0.3) is 11.8 Å². The molecule has 1 aromatic heterocycles. The number of aliphatic hydroxyl groups excluding tert-OH is 1. The number of anilines is 2. The monoisotopic (exact) mass is 350 g/mol. The molecule has 0 saturated carbocycles. The maximum absolute atomic E-state index is 12.2. The number of amides is 2. The Labute approximate surface area is 150 Å². The summed E-state index contributed by atoms with van der Waals surface area (Å²) in [5.74, 6) is -0.176. The highest BCUT2D eigenvalue weighted by Crippen LogP contribution is 2.17. The van der Waals surface area contributed by atoms with Crippen molar-refractivity contribution >= 4 is 23.2 Å². The highest BCUT2D eigenvalue weighted by Gasteiger charge is 2.11. The largest absolute Gasteiger partial charge is 0.453 e. The molecule has 0 spiro atoms. The van der Waals surface area contributed by atoms with Crippen molar-refractivity contribution in [3.63, 3.8) is 0 Å². The summed E-state index contributed by atoms with van der Waals surface area (Å²) in [6.07, 6.45) is 0. The van der Waals surface area contributed by atoms with Crippen LogP contribution in [0.2, 0.25) is 0 Å². The Hall–Kier alpha value is -3.38. The summed E-state index contributed by atoms with van der Waals surface area (Å²) < 4.78 is 5.18. The Morgan fingerprint density at radius 2 is 1.42 bits per heavy atom. The molecule has 6 heteroatoms. The first-order valence-corrected chi connectivity index (χ1v) is 8.04. The van der Waals surface area contributed by atoms with Gasteiger partial charge < -0.3 is 20.2 Å². The molecule has 1 heterocycles. The zero-order valence-corrected chi connectivity index (χ0v) is 14.2. The third-order valence-corrected chi connectivity index (χ3v) is 3.76. The first-order valence-electron chi connectivity index (χ1n) is 8.04. The van der Waals surface area contributed by atoms with E-state index in [9.17, 15) is 9.59 Å². The number of aliphatic hydroxyl groups is 1. The Balaban J connectivity index is 1.61.